The van der Waals surface area contributed by atoms with Gasteiger partial charge in [-0.05, 0) is 87.1 Å². The second-order valence-electron chi connectivity index (χ2n) is 13.2. The minimum atomic E-state index is -4.50. The zero-order valence-corrected chi connectivity index (χ0v) is 27.3. The van der Waals surface area contributed by atoms with Crippen LogP contribution in [0, 0.1) is 0 Å². The Morgan fingerprint density at radius 3 is 2.33 bits per heavy atom. The van der Waals surface area contributed by atoms with E-state index >= 15 is 0 Å². The molecule has 0 fully saturated rings. The largest absolute Gasteiger partial charge is 0.444 e. The molecule has 11 heteroatoms. The number of hydrogen-bond acceptors (Lipinski definition) is 6. The molecule has 6 rings (SSSR count). The van der Waals surface area contributed by atoms with Crippen molar-refractivity contribution in [3.63, 3.8) is 0 Å². The number of pyridine rings is 2. The number of halogens is 3. The topological polar surface area (TPSA) is 87.2 Å². The number of ether oxygens (including phenoxy) is 1. The van der Waals surface area contributed by atoms with Gasteiger partial charge in [-0.3, -0.25) is 19.8 Å². The van der Waals surface area contributed by atoms with Gasteiger partial charge in [-0.15, -0.1) is 0 Å². The first-order valence-corrected chi connectivity index (χ1v) is 16.1. The molecule has 0 saturated heterocycles. The first-order chi connectivity index (χ1) is 22.9. The van der Waals surface area contributed by atoms with Crippen LogP contribution in [-0.2, 0) is 43.5 Å². The maximum atomic E-state index is 13.8. The van der Waals surface area contributed by atoms with E-state index in [9.17, 15) is 18.0 Å². The number of aromatic amines is 1. The number of nitrogens with zero attached hydrogens (tertiary/aromatic N) is 5. The number of carbonyl (C=O) groups is 1. The predicted octanol–water partition coefficient (Wildman–Crippen LogP) is 8.39. The number of benzene rings is 2. The molecule has 0 spiro atoms. The molecule has 2 aromatic carbocycles. The van der Waals surface area contributed by atoms with Crippen LogP contribution < -0.4 is 0 Å². The number of hydrogen-bond donors (Lipinski definition) is 1. The number of aromatic nitrogens is 4. The van der Waals surface area contributed by atoms with Gasteiger partial charge in [0.25, 0.3) is 0 Å². The highest BCUT2D eigenvalue weighted by Crippen LogP contribution is 2.36. The van der Waals surface area contributed by atoms with Crippen LogP contribution in [0.25, 0.3) is 11.0 Å². The zero-order chi connectivity index (χ0) is 33.9. The van der Waals surface area contributed by atoms with Gasteiger partial charge in [-0.1, -0.05) is 42.5 Å². The minimum absolute atomic E-state index is 0.0362. The van der Waals surface area contributed by atoms with Crippen LogP contribution in [0.15, 0.2) is 85.2 Å². The lowest BCUT2D eigenvalue weighted by molar-refractivity contribution is -0.136. The standard InChI is InChI=1S/C37H39F3N6O2/c1-36(2,3)48-35(47)46(23-28-11-4-5-19-41-28)22-26-17-15-25(16-18-26)21-45(31-14-6-9-27-10-8-20-42-33(27)31)24-32-43-30-13-7-12-29(34(30)44-32)37(38,39)40/h4-5,7-8,10-13,15-20,31H,6,9,14,21-24H2,1-3H3,(H,43,44). The van der Waals surface area contributed by atoms with Gasteiger partial charge in [0.1, 0.15) is 16.9 Å². The maximum absolute atomic E-state index is 13.8. The van der Waals surface area contributed by atoms with Gasteiger partial charge in [-0.2, -0.15) is 13.2 Å². The summed E-state index contributed by atoms with van der Waals surface area (Å²) in [7, 11) is 0. The molecule has 0 saturated carbocycles. The molecule has 1 amide bonds. The number of para-hydroxylation sites is 1. The summed E-state index contributed by atoms with van der Waals surface area (Å²) in [4.78, 5) is 33.7. The van der Waals surface area contributed by atoms with Gasteiger partial charge >= 0.3 is 12.3 Å². The Hall–Kier alpha value is -4.77. The Bertz CT molecular complexity index is 1850. The number of alkyl halides is 3. The van der Waals surface area contributed by atoms with E-state index in [1.54, 1.807) is 23.4 Å². The van der Waals surface area contributed by atoms with Crippen molar-refractivity contribution < 1.29 is 22.7 Å². The molecule has 3 heterocycles. The molecule has 0 bridgehead atoms. The number of rotatable bonds is 9. The van der Waals surface area contributed by atoms with E-state index in [-0.39, 0.29) is 11.6 Å². The van der Waals surface area contributed by atoms with E-state index in [1.807, 2.05) is 69.3 Å². The van der Waals surface area contributed by atoms with Crippen molar-refractivity contribution in [2.24, 2.45) is 0 Å². The Morgan fingerprint density at radius 1 is 0.875 bits per heavy atom. The summed E-state index contributed by atoms with van der Waals surface area (Å²) in [5.41, 5.74) is 3.76. The molecule has 250 valence electrons. The lowest BCUT2D eigenvalue weighted by atomic mass is 9.90. The quantitative estimate of drug-likeness (QED) is 0.172. The third kappa shape index (κ3) is 8.02. The van der Waals surface area contributed by atoms with Gasteiger partial charge in [0.15, 0.2) is 0 Å². The Balaban J connectivity index is 1.26. The molecule has 1 aliphatic rings. The summed E-state index contributed by atoms with van der Waals surface area (Å²) in [5, 5.41) is 0. The lowest BCUT2D eigenvalue weighted by Crippen LogP contribution is -2.36. The van der Waals surface area contributed by atoms with Crippen LogP contribution in [0.5, 0.6) is 0 Å². The summed E-state index contributed by atoms with van der Waals surface area (Å²) in [5.74, 6) is 0.462. The van der Waals surface area contributed by atoms with Crippen molar-refractivity contribution in [2.75, 3.05) is 0 Å². The first kappa shape index (κ1) is 33.1. The van der Waals surface area contributed by atoms with Crippen LogP contribution in [0.1, 0.15) is 79.1 Å². The summed E-state index contributed by atoms with van der Waals surface area (Å²) in [6, 6.07) is 21.7. The third-order valence-corrected chi connectivity index (χ3v) is 8.34. The molecule has 3 aromatic heterocycles. The maximum Gasteiger partial charge on any atom is 0.418 e. The smallest absolute Gasteiger partial charge is 0.418 e. The Kier molecular flexibility index (Phi) is 9.50. The molecule has 1 atom stereocenters. The highest BCUT2D eigenvalue weighted by Gasteiger charge is 2.34. The molecular weight excluding hydrogens is 617 g/mol. The van der Waals surface area contributed by atoms with Crippen molar-refractivity contribution in [2.45, 2.75) is 84.0 Å². The molecule has 5 aromatic rings. The summed E-state index contributed by atoms with van der Waals surface area (Å²) in [6.07, 6.45) is 1.35. The molecule has 48 heavy (non-hydrogen) atoms. The van der Waals surface area contributed by atoms with Crippen molar-refractivity contribution >= 4 is 17.1 Å². The van der Waals surface area contributed by atoms with E-state index in [0.29, 0.717) is 37.5 Å². The van der Waals surface area contributed by atoms with E-state index in [4.69, 9.17) is 9.72 Å². The average Bonchev–Trinajstić information content (AvgIpc) is 3.46. The van der Waals surface area contributed by atoms with Gasteiger partial charge in [-0.25, -0.2) is 9.78 Å². The summed E-state index contributed by atoms with van der Waals surface area (Å²) < 4.78 is 47.0. The van der Waals surface area contributed by atoms with Crippen molar-refractivity contribution in [3.05, 3.63) is 125 Å². The predicted molar refractivity (Wildman–Crippen MR) is 176 cm³/mol. The van der Waals surface area contributed by atoms with Crippen LogP contribution in [-0.4, -0.2) is 41.4 Å². The Morgan fingerprint density at radius 2 is 1.62 bits per heavy atom. The highest BCUT2D eigenvalue weighted by molar-refractivity contribution is 5.79. The fraction of sp³-hybridized carbons (Fsp3) is 0.351. The van der Waals surface area contributed by atoms with Crippen molar-refractivity contribution in [3.8, 4) is 0 Å². The lowest BCUT2D eigenvalue weighted by Gasteiger charge is -2.34. The number of fused-ring (bicyclic) bond motifs is 2. The van der Waals surface area contributed by atoms with Gasteiger partial charge in [0.05, 0.1) is 41.6 Å². The zero-order valence-electron chi connectivity index (χ0n) is 27.3. The minimum Gasteiger partial charge on any atom is -0.444 e. The monoisotopic (exact) mass is 656 g/mol. The normalized spacial score (nSPS) is 15.0. The Labute approximate surface area is 278 Å². The van der Waals surface area contributed by atoms with Crippen LogP contribution in [0.4, 0.5) is 18.0 Å². The highest BCUT2D eigenvalue weighted by atomic mass is 19.4. The van der Waals surface area contributed by atoms with Gasteiger partial charge in [0.2, 0.25) is 0 Å². The summed E-state index contributed by atoms with van der Waals surface area (Å²) >= 11 is 0. The second kappa shape index (κ2) is 13.8. The van der Waals surface area contributed by atoms with E-state index in [0.717, 1.165) is 47.8 Å². The number of nitrogens with one attached hydrogen (secondary N) is 1. The van der Waals surface area contributed by atoms with Crippen LogP contribution in [0.2, 0.25) is 0 Å². The number of amides is 1. The molecule has 1 aliphatic carbocycles. The van der Waals surface area contributed by atoms with Crippen molar-refractivity contribution in [1.29, 1.82) is 0 Å². The number of aryl methyl sites for hydroxylation is 1. The number of imidazole rings is 1. The fourth-order valence-electron chi connectivity index (χ4n) is 6.20. The van der Waals surface area contributed by atoms with Crippen LogP contribution in [0.3, 0.4) is 0 Å². The van der Waals surface area contributed by atoms with E-state index < -0.39 is 23.4 Å². The third-order valence-electron chi connectivity index (χ3n) is 8.34. The molecule has 0 aliphatic heterocycles. The van der Waals surface area contributed by atoms with Crippen molar-refractivity contribution in [1.82, 2.24) is 29.7 Å². The first-order valence-electron chi connectivity index (χ1n) is 16.1. The van der Waals surface area contributed by atoms with Gasteiger partial charge in [0, 0.05) is 25.5 Å². The molecule has 0 radical (unpaired) electrons. The van der Waals surface area contributed by atoms with E-state index in [2.05, 4.69) is 25.9 Å². The second-order valence-corrected chi connectivity index (χ2v) is 13.2. The molecular formula is C37H39F3N6O2. The molecule has 1 N–H and O–H groups in total. The number of H-pyrrole nitrogens is 1. The summed E-state index contributed by atoms with van der Waals surface area (Å²) in [6.45, 7) is 6.98. The fourth-order valence-corrected chi connectivity index (χ4v) is 6.20. The molecule has 8 nitrogen and oxygen atoms in total. The number of carbonyl (C=O) groups excluding carboxylic acids is 1. The van der Waals surface area contributed by atoms with Gasteiger partial charge < -0.3 is 9.72 Å². The van der Waals surface area contributed by atoms with Crippen LogP contribution >= 0.6 is 0 Å². The SMILES string of the molecule is CC(C)(C)OC(=O)N(Cc1ccc(CN(Cc2nc3c(C(F)(F)F)cccc3[nH]2)C2CCCc3cccnc32)cc1)Cc1ccccn1. The average molecular weight is 657 g/mol. The molecule has 1 unspecified atom stereocenters. The van der Waals surface area contributed by atoms with E-state index in [1.165, 1.54) is 11.6 Å².